The Hall–Kier alpha value is -1.51. The Morgan fingerprint density at radius 3 is 2.10 bits per heavy atom. The zero-order valence-corrected chi connectivity index (χ0v) is 12.7. The van der Waals surface area contributed by atoms with Gasteiger partial charge in [-0.15, -0.1) is 0 Å². The average molecular weight is 276 g/mol. The van der Waals surface area contributed by atoms with Gasteiger partial charge in [-0.2, -0.15) is 0 Å². The summed E-state index contributed by atoms with van der Waals surface area (Å²) in [5.74, 6) is -0.00653. The maximum atomic E-state index is 11.8. The summed E-state index contributed by atoms with van der Waals surface area (Å²) in [5.41, 5.74) is 6.96. The van der Waals surface area contributed by atoms with E-state index in [9.17, 15) is 4.79 Å². The van der Waals surface area contributed by atoms with Gasteiger partial charge in [-0.05, 0) is 30.7 Å². The van der Waals surface area contributed by atoms with Gasteiger partial charge in [0, 0.05) is 17.8 Å². The molecule has 0 spiro atoms. The fourth-order valence-corrected chi connectivity index (χ4v) is 2.20. The number of nitrogen functional groups attached to an aromatic ring is 1. The van der Waals surface area contributed by atoms with Gasteiger partial charge in [0.25, 0.3) is 5.91 Å². The van der Waals surface area contributed by atoms with Crippen molar-refractivity contribution in [2.75, 3.05) is 12.3 Å². The monoisotopic (exact) mass is 276 g/mol. The number of nitrogens with two attached hydrogens (primary N) is 1. The van der Waals surface area contributed by atoms with E-state index in [0.29, 0.717) is 11.3 Å². The number of benzene rings is 1. The van der Waals surface area contributed by atoms with Crippen LogP contribution in [0.25, 0.3) is 0 Å². The molecule has 0 radical (unpaired) electrons. The van der Waals surface area contributed by atoms with Crippen LogP contribution in [0.4, 0.5) is 5.69 Å². The van der Waals surface area contributed by atoms with Crippen molar-refractivity contribution in [3.05, 3.63) is 29.8 Å². The summed E-state index contributed by atoms with van der Waals surface area (Å²) in [7, 11) is 0. The van der Waals surface area contributed by atoms with E-state index in [2.05, 4.69) is 12.2 Å². The first kappa shape index (κ1) is 16.5. The molecule has 3 nitrogen and oxygen atoms in total. The number of nitrogens with one attached hydrogen (secondary N) is 1. The fourth-order valence-electron chi connectivity index (χ4n) is 2.20. The van der Waals surface area contributed by atoms with Crippen molar-refractivity contribution in [3.63, 3.8) is 0 Å². The minimum atomic E-state index is -0.00653. The highest BCUT2D eigenvalue weighted by Gasteiger charge is 2.03. The van der Waals surface area contributed by atoms with Gasteiger partial charge in [-0.3, -0.25) is 4.79 Å². The summed E-state index contributed by atoms with van der Waals surface area (Å²) in [6.07, 6.45) is 10.3. The number of hydrogen-bond donors (Lipinski definition) is 2. The Kier molecular flexibility index (Phi) is 8.52. The van der Waals surface area contributed by atoms with Gasteiger partial charge in [0.2, 0.25) is 0 Å². The molecule has 0 fully saturated rings. The second-order valence-electron chi connectivity index (χ2n) is 5.35. The molecule has 0 atom stereocenters. The van der Waals surface area contributed by atoms with Gasteiger partial charge in [-0.1, -0.05) is 51.9 Å². The van der Waals surface area contributed by atoms with Gasteiger partial charge in [0.1, 0.15) is 0 Å². The topological polar surface area (TPSA) is 55.1 Å². The summed E-state index contributed by atoms with van der Waals surface area (Å²) >= 11 is 0. The van der Waals surface area contributed by atoms with Gasteiger partial charge in [0.15, 0.2) is 0 Å². The molecule has 3 N–H and O–H groups in total. The highest BCUT2D eigenvalue weighted by molar-refractivity contribution is 5.94. The molecule has 0 aliphatic rings. The largest absolute Gasteiger partial charge is 0.399 e. The molecular formula is C17H28N2O. The summed E-state index contributed by atoms with van der Waals surface area (Å²) in [6, 6.07) is 7.03. The molecule has 1 amide bonds. The third-order valence-electron chi connectivity index (χ3n) is 3.49. The van der Waals surface area contributed by atoms with Crippen LogP contribution >= 0.6 is 0 Å². The number of carbonyl (C=O) groups is 1. The van der Waals surface area contributed by atoms with Crippen molar-refractivity contribution in [3.8, 4) is 0 Å². The van der Waals surface area contributed by atoms with Crippen molar-refractivity contribution in [2.45, 2.75) is 58.3 Å². The van der Waals surface area contributed by atoms with Gasteiger partial charge in [-0.25, -0.2) is 0 Å². The minimum Gasteiger partial charge on any atom is -0.399 e. The van der Waals surface area contributed by atoms with Crippen LogP contribution in [0.2, 0.25) is 0 Å². The first-order valence-electron chi connectivity index (χ1n) is 7.87. The first-order chi connectivity index (χ1) is 9.74. The van der Waals surface area contributed by atoms with E-state index >= 15 is 0 Å². The van der Waals surface area contributed by atoms with Crippen LogP contribution in [0, 0.1) is 0 Å². The molecule has 1 aromatic rings. The van der Waals surface area contributed by atoms with E-state index in [1.54, 1.807) is 24.3 Å². The van der Waals surface area contributed by atoms with Crippen LogP contribution in [0.1, 0.15) is 68.6 Å². The maximum absolute atomic E-state index is 11.8. The van der Waals surface area contributed by atoms with E-state index in [4.69, 9.17) is 5.73 Å². The van der Waals surface area contributed by atoms with Crippen LogP contribution in [0.5, 0.6) is 0 Å². The van der Waals surface area contributed by atoms with E-state index in [0.717, 1.165) is 13.0 Å². The van der Waals surface area contributed by atoms with Crippen molar-refractivity contribution in [1.29, 1.82) is 0 Å². The van der Waals surface area contributed by atoms with Crippen molar-refractivity contribution < 1.29 is 4.79 Å². The van der Waals surface area contributed by atoms with Crippen LogP contribution in [-0.4, -0.2) is 12.5 Å². The zero-order valence-electron chi connectivity index (χ0n) is 12.7. The lowest BCUT2D eigenvalue weighted by atomic mass is 10.1. The fraction of sp³-hybridized carbons (Fsp3) is 0.588. The number of hydrogen-bond acceptors (Lipinski definition) is 2. The summed E-state index contributed by atoms with van der Waals surface area (Å²) < 4.78 is 0. The maximum Gasteiger partial charge on any atom is 0.251 e. The molecule has 0 aliphatic heterocycles. The molecule has 0 aliphatic carbocycles. The number of rotatable bonds is 10. The molecule has 1 rings (SSSR count). The highest BCUT2D eigenvalue weighted by Crippen LogP contribution is 2.08. The third-order valence-corrected chi connectivity index (χ3v) is 3.49. The van der Waals surface area contributed by atoms with E-state index in [1.165, 1.54) is 44.9 Å². The average Bonchev–Trinajstić information content (AvgIpc) is 2.46. The van der Waals surface area contributed by atoms with Crippen LogP contribution in [0.3, 0.4) is 0 Å². The van der Waals surface area contributed by atoms with Crippen LogP contribution in [0.15, 0.2) is 24.3 Å². The molecule has 0 unspecified atom stereocenters. The van der Waals surface area contributed by atoms with Crippen LogP contribution < -0.4 is 11.1 Å². The molecule has 3 heteroatoms. The molecule has 0 saturated carbocycles. The highest BCUT2D eigenvalue weighted by atomic mass is 16.1. The molecule has 0 aromatic heterocycles. The predicted molar refractivity (Wildman–Crippen MR) is 85.8 cm³/mol. The van der Waals surface area contributed by atoms with E-state index in [1.807, 2.05) is 0 Å². The Morgan fingerprint density at radius 1 is 0.950 bits per heavy atom. The quantitative estimate of drug-likeness (QED) is 0.498. The second-order valence-corrected chi connectivity index (χ2v) is 5.35. The van der Waals surface area contributed by atoms with Crippen LogP contribution in [-0.2, 0) is 0 Å². The number of unbranched alkanes of at least 4 members (excludes halogenated alkanes) is 7. The standard InChI is InChI=1S/C17H28N2O/c1-2-3-4-5-6-7-8-9-14-19-17(20)15-10-12-16(18)13-11-15/h10-13H,2-9,14,18H2,1H3,(H,19,20). The zero-order chi connectivity index (χ0) is 14.6. The molecule has 1 aromatic carbocycles. The molecule has 0 heterocycles. The third kappa shape index (κ3) is 7.17. The Balaban J connectivity index is 2.01. The summed E-state index contributed by atoms with van der Waals surface area (Å²) in [5, 5.41) is 2.95. The van der Waals surface area contributed by atoms with Crippen molar-refractivity contribution in [2.24, 2.45) is 0 Å². The molecule has 0 bridgehead atoms. The molecule has 0 saturated heterocycles. The summed E-state index contributed by atoms with van der Waals surface area (Å²) in [4.78, 5) is 11.8. The Bertz CT molecular complexity index is 373. The van der Waals surface area contributed by atoms with Gasteiger partial charge < -0.3 is 11.1 Å². The molecule has 112 valence electrons. The lowest BCUT2D eigenvalue weighted by Crippen LogP contribution is -2.24. The number of carbonyl (C=O) groups excluding carboxylic acids is 1. The second kappa shape index (κ2) is 10.3. The number of anilines is 1. The first-order valence-corrected chi connectivity index (χ1v) is 7.87. The SMILES string of the molecule is CCCCCCCCCCNC(=O)c1ccc(N)cc1. The minimum absolute atomic E-state index is 0.00653. The van der Waals surface area contributed by atoms with E-state index in [-0.39, 0.29) is 5.91 Å². The van der Waals surface area contributed by atoms with Gasteiger partial charge in [0.05, 0.1) is 0 Å². The number of amides is 1. The molecule has 20 heavy (non-hydrogen) atoms. The lowest BCUT2D eigenvalue weighted by molar-refractivity contribution is 0.0953. The predicted octanol–water partition coefficient (Wildman–Crippen LogP) is 4.14. The lowest BCUT2D eigenvalue weighted by Gasteiger charge is -2.05. The van der Waals surface area contributed by atoms with Crippen molar-refractivity contribution in [1.82, 2.24) is 5.32 Å². The van der Waals surface area contributed by atoms with Crippen molar-refractivity contribution >= 4 is 11.6 Å². The summed E-state index contributed by atoms with van der Waals surface area (Å²) in [6.45, 7) is 3.00. The molecular weight excluding hydrogens is 248 g/mol. The van der Waals surface area contributed by atoms with Gasteiger partial charge >= 0.3 is 0 Å². The normalized spacial score (nSPS) is 10.4. The Morgan fingerprint density at radius 2 is 1.50 bits per heavy atom. The smallest absolute Gasteiger partial charge is 0.251 e. The Labute approximate surface area is 122 Å². The van der Waals surface area contributed by atoms with E-state index < -0.39 is 0 Å².